The van der Waals surface area contributed by atoms with E-state index in [1.165, 1.54) is 44.9 Å². The number of carbonyl (C=O) groups excluding carboxylic acids is 2. The van der Waals surface area contributed by atoms with Gasteiger partial charge in [0.1, 0.15) is 6.29 Å². The molecule has 0 radical (unpaired) electrons. The summed E-state index contributed by atoms with van der Waals surface area (Å²) in [5.74, 6) is 0. The first kappa shape index (κ1) is 15.8. The van der Waals surface area contributed by atoms with E-state index in [9.17, 15) is 9.59 Å². The fraction of sp³-hybridized carbons (Fsp3) is 0.846. The van der Waals surface area contributed by atoms with E-state index in [4.69, 9.17) is 0 Å². The predicted molar refractivity (Wildman–Crippen MR) is 70.8 cm³/mol. The highest BCUT2D eigenvalue weighted by atomic mass is 79.9. The number of aldehydes is 1. The molecule has 3 heteroatoms. The zero-order valence-electron chi connectivity index (χ0n) is 10.0. The highest BCUT2D eigenvalue weighted by Crippen LogP contribution is 2.11. The molecular formula is C13H23BrO2. The molecule has 0 bridgehead atoms. The number of halogens is 1. The van der Waals surface area contributed by atoms with Gasteiger partial charge in [0.05, 0.1) is 0 Å². The van der Waals surface area contributed by atoms with Gasteiger partial charge in [0, 0.05) is 12.8 Å². The SMILES string of the molecule is O=CCCCCCCCCCCCC(=O)Br. The van der Waals surface area contributed by atoms with E-state index >= 15 is 0 Å². The molecule has 0 rings (SSSR count). The topological polar surface area (TPSA) is 34.1 Å². The van der Waals surface area contributed by atoms with Gasteiger partial charge in [-0.15, -0.1) is 0 Å². The zero-order chi connectivity index (χ0) is 12.1. The van der Waals surface area contributed by atoms with Crippen molar-refractivity contribution in [3.63, 3.8) is 0 Å². The normalized spacial score (nSPS) is 10.3. The van der Waals surface area contributed by atoms with Gasteiger partial charge in [0.15, 0.2) is 4.69 Å². The number of carbonyl (C=O) groups is 2. The van der Waals surface area contributed by atoms with Crippen LogP contribution in [0, 0.1) is 0 Å². The molecule has 0 amide bonds. The first-order valence-corrected chi connectivity index (χ1v) is 7.18. The zero-order valence-corrected chi connectivity index (χ0v) is 11.6. The van der Waals surface area contributed by atoms with E-state index in [0.717, 1.165) is 25.5 Å². The van der Waals surface area contributed by atoms with Crippen molar-refractivity contribution in [3.05, 3.63) is 0 Å². The van der Waals surface area contributed by atoms with Gasteiger partial charge >= 0.3 is 0 Å². The van der Waals surface area contributed by atoms with E-state index in [-0.39, 0.29) is 4.69 Å². The molecule has 0 N–H and O–H groups in total. The Morgan fingerprint density at radius 1 is 0.812 bits per heavy atom. The van der Waals surface area contributed by atoms with E-state index < -0.39 is 0 Å². The monoisotopic (exact) mass is 290 g/mol. The maximum absolute atomic E-state index is 10.6. The quantitative estimate of drug-likeness (QED) is 0.303. The Labute approximate surface area is 107 Å². The van der Waals surface area contributed by atoms with Crippen LogP contribution in [-0.4, -0.2) is 11.0 Å². The summed E-state index contributed by atoms with van der Waals surface area (Å²) in [4.78, 5) is 20.7. The molecule has 0 fully saturated rings. The lowest BCUT2D eigenvalue weighted by Crippen LogP contribution is -1.86. The Morgan fingerprint density at radius 2 is 1.25 bits per heavy atom. The molecule has 0 spiro atoms. The Hall–Kier alpha value is -0.180. The van der Waals surface area contributed by atoms with Gasteiger partial charge in [-0.1, -0.05) is 44.9 Å². The molecular weight excluding hydrogens is 268 g/mol. The van der Waals surface area contributed by atoms with Crippen molar-refractivity contribution in [2.24, 2.45) is 0 Å². The lowest BCUT2D eigenvalue weighted by Gasteiger charge is -2.00. The Kier molecular flexibility index (Phi) is 12.7. The second-order valence-corrected chi connectivity index (χ2v) is 5.13. The third kappa shape index (κ3) is 13.8. The second-order valence-electron chi connectivity index (χ2n) is 4.24. The van der Waals surface area contributed by atoms with E-state index in [1.807, 2.05) is 0 Å². The summed E-state index contributed by atoms with van der Waals surface area (Å²) in [6, 6.07) is 0. The lowest BCUT2D eigenvalue weighted by atomic mass is 10.1. The van der Waals surface area contributed by atoms with Crippen molar-refractivity contribution in [1.29, 1.82) is 0 Å². The molecule has 0 aliphatic carbocycles. The van der Waals surface area contributed by atoms with Crippen molar-refractivity contribution in [1.82, 2.24) is 0 Å². The summed E-state index contributed by atoms with van der Waals surface area (Å²) >= 11 is 2.93. The number of hydrogen-bond acceptors (Lipinski definition) is 2. The van der Waals surface area contributed by atoms with Crippen LogP contribution >= 0.6 is 15.9 Å². The van der Waals surface area contributed by atoms with Gasteiger partial charge in [-0.3, -0.25) is 4.79 Å². The lowest BCUT2D eigenvalue weighted by molar-refractivity contribution is -0.110. The van der Waals surface area contributed by atoms with Crippen LogP contribution in [-0.2, 0) is 9.59 Å². The number of hydrogen-bond donors (Lipinski definition) is 0. The van der Waals surface area contributed by atoms with Gasteiger partial charge in [-0.25, -0.2) is 0 Å². The summed E-state index contributed by atoms with van der Waals surface area (Å²) in [7, 11) is 0. The summed E-state index contributed by atoms with van der Waals surface area (Å²) in [6.45, 7) is 0. The van der Waals surface area contributed by atoms with Crippen LogP contribution in [0.25, 0.3) is 0 Å². The number of rotatable bonds is 12. The molecule has 0 aromatic heterocycles. The van der Waals surface area contributed by atoms with Crippen LogP contribution in [0.15, 0.2) is 0 Å². The molecule has 0 heterocycles. The minimum absolute atomic E-state index is 0.127. The molecule has 2 nitrogen and oxygen atoms in total. The highest BCUT2D eigenvalue weighted by molar-refractivity contribution is 9.18. The summed E-state index contributed by atoms with van der Waals surface area (Å²) in [6.07, 6.45) is 13.2. The minimum Gasteiger partial charge on any atom is -0.303 e. The Balaban J connectivity index is 2.93. The summed E-state index contributed by atoms with van der Waals surface area (Å²) in [5, 5.41) is 0. The molecule has 0 aromatic carbocycles. The van der Waals surface area contributed by atoms with Crippen LogP contribution in [0.2, 0.25) is 0 Å². The van der Waals surface area contributed by atoms with Crippen LogP contribution in [0.3, 0.4) is 0 Å². The maximum atomic E-state index is 10.6. The van der Waals surface area contributed by atoms with Crippen molar-refractivity contribution < 1.29 is 9.59 Å². The average Bonchev–Trinajstić information content (AvgIpc) is 2.25. The summed E-state index contributed by atoms with van der Waals surface area (Å²) in [5.41, 5.74) is 0. The first-order valence-electron chi connectivity index (χ1n) is 6.39. The molecule has 0 unspecified atom stereocenters. The molecule has 0 aliphatic rings. The van der Waals surface area contributed by atoms with Gasteiger partial charge in [-0.05, 0) is 28.8 Å². The fourth-order valence-corrected chi connectivity index (χ4v) is 2.01. The van der Waals surface area contributed by atoms with Gasteiger partial charge in [0.2, 0.25) is 0 Å². The predicted octanol–water partition coefficient (Wildman–Crippen LogP) is 4.40. The molecule has 0 aliphatic heterocycles. The van der Waals surface area contributed by atoms with Gasteiger partial charge in [0.25, 0.3) is 0 Å². The number of unbranched alkanes of at least 4 members (excludes halogenated alkanes) is 9. The van der Waals surface area contributed by atoms with Gasteiger partial charge < -0.3 is 4.79 Å². The van der Waals surface area contributed by atoms with Crippen LogP contribution < -0.4 is 0 Å². The average molecular weight is 291 g/mol. The Bertz CT molecular complexity index is 181. The van der Waals surface area contributed by atoms with E-state index in [1.54, 1.807) is 0 Å². The van der Waals surface area contributed by atoms with Crippen LogP contribution in [0.1, 0.15) is 70.6 Å². The van der Waals surface area contributed by atoms with Crippen LogP contribution in [0.5, 0.6) is 0 Å². The molecule has 94 valence electrons. The second kappa shape index (κ2) is 12.9. The first-order chi connectivity index (χ1) is 7.77. The third-order valence-corrected chi connectivity index (χ3v) is 3.09. The molecule has 0 aromatic rings. The van der Waals surface area contributed by atoms with Crippen molar-refractivity contribution in [2.45, 2.75) is 70.6 Å². The largest absolute Gasteiger partial charge is 0.303 e. The van der Waals surface area contributed by atoms with Crippen molar-refractivity contribution in [3.8, 4) is 0 Å². The van der Waals surface area contributed by atoms with Crippen molar-refractivity contribution >= 4 is 26.9 Å². The van der Waals surface area contributed by atoms with E-state index in [0.29, 0.717) is 6.42 Å². The summed E-state index contributed by atoms with van der Waals surface area (Å²) < 4.78 is 0.127. The fourth-order valence-electron chi connectivity index (χ4n) is 1.73. The Morgan fingerprint density at radius 3 is 1.69 bits per heavy atom. The molecule has 0 saturated carbocycles. The standard InChI is InChI=1S/C13H23BrO2/c14-13(16)11-9-7-5-3-1-2-4-6-8-10-12-15/h12H,1-11H2. The smallest absolute Gasteiger partial charge is 0.197 e. The maximum Gasteiger partial charge on any atom is 0.197 e. The van der Waals surface area contributed by atoms with Crippen LogP contribution in [0.4, 0.5) is 0 Å². The van der Waals surface area contributed by atoms with Crippen molar-refractivity contribution in [2.75, 3.05) is 0 Å². The third-order valence-electron chi connectivity index (χ3n) is 2.70. The van der Waals surface area contributed by atoms with Gasteiger partial charge in [-0.2, -0.15) is 0 Å². The minimum atomic E-state index is 0.127. The molecule has 16 heavy (non-hydrogen) atoms. The molecule has 0 saturated heterocycles. The highest BCUT2D eigenvalue weighted by Gasteiger charge is 1.95. The molecule has 0 atom stereocenters. The van der Waals surface area contributed by atoms with E-state index in [2.05, 4.69) is 15.9 Å².